The van der Waals surface area contributed by atoms with Gasteiger partial charge in [0.25, 0.3) is 0 Å². The van der Waals surface area contributed by atoms with Crippen LogP contribution in [0, 0.1) is 0 Å². The normalized spacial score (nSPS) is 16.3. The van der Waals surface area contributed by atoms with Gasteiger partial charge in [0.05, 0.1) is 18.9 Å². The topological polar surface area (TPSA) is 63.6 Å². The van der Waals surface area contributed by atoms with Crippen molar-refractivity contribution in [1.82, 2.24) is 0 Å². The van der Waals surface area contributed by atoms with Crippen molar-refractivity contribution < 1.29 is 19.4 Å². The van der Waals surface area contributed by atoms with Crippen LogP contribution in [0.25, 0.3) is 6.08 Å². The Labute approximate surface area is 111 Å². The maximum atomic E-state index is 11.2. The number of carbonyl (C=O) groups is 2. The Morgan fingerprint density at radius 2 is 1.95 bits per heavy atom. The Balaban J connectivity index is 2.03. The summed E-state index contributed by atoms with van der Waals surface area (Å²) in [4.78, 5) is 22.1. The molecule has 1 aromatic carbocycles. The quantitative estimate of drug-likeness (QED) is 0.825. The second-order valence-electron chi connectivity index (χ2n) is 4.69. The Kier molecular flexibility index (Phi) is 3.69. The van der Waals surface area contributed by atoms with Gasteiger partial charge in [-0.15, -0.1) is 0 Å². The highest BCUT2D eigenvalue weighted by atomic mass is 16.5. The summed E-state index contributed by atoms with van der Waals surface area (Å²) in [5.74, 6) is -1.03. The fourth-order valence-electron chi connectivity index (χ4n) is 2.04. The van der Waals surface area contributed by atoms with E-state index in [1.165, 1.54) is 7.11 Å². The molecule has 4 nitrogen and oxygen atoms in total. The first-order valence-electron chi connectivity index (χ1n) is 6.16. The third-order valence-electron chi connectivity index (χ3n) is 3.45. The molecule has 0 bridgehead atoms. The monoisotopic (exact) mass is 260 g/mol. The number of carbonyl (C=O) groups excluding carboxylic acids is 1. The van der Waals surface area contributed by atoms with Gasteiger partial charge in [-0.25, -0.2) is 0 Å². The molecule has 4 heteroatoms. The summed E-state index contributed by atoms with van der Waals surface area (Å²) in [6, 6.07) is 7.43. The second-order valence-corrected chi connectivity index (χ2v) is 4.69. The molecule has 0 aliphatic heterocycles. The maximum Gasteiger partial charge on any atom is 0.314 e. The highest BCUT2D eigenvalue weighted by Gasteiger charge is 2.51. The van der Waals surface area contributed by atoms with Crippen LogP contribution in [0.1, 0.15) is 30.4 Å². The maximum absolute atomic E-state index is 11.2. The molecule has 19 heavy (non-hydrogen) atoms. The predicted molar refractivity (Wildman–Crippen MR) is 70.7 cm³/mol. The van der Waals surface area contributed by atoms with Gasteiger partial charge in [-0.2, -0.15) is 0 Å². The van der Waals surface area contributed by atoms with Crippen molar-refractivity contribution in [3.63, 3.8) is 0 Å². The molecule has 0 unspecified atom stereocenters. The summed E-state index contributed by atoms with van der Waals surface area (Å²) in [6.45, 7) is 0. The van der Waals surface area contributed by atoms with E-state index in [4.69, 9.17) is 0 Å². The summed E-state index contributed by atoms with van der Waals surface area (Å²) in [5.41, 5.74) is 1.13. The molecule has 1 aliphatic carbocycles. The average molecular weight is 260 g/mol. The molecule has 2 rings (SSSR count). The van der Waals surface area contributed by atoms with Crippen LogP contribution in [-0.2, 0) is 19.7 Å². The van der Waals surface area contributed by atoms with Crippen LogP contribution in [0.5, 0.6) is 0 Å². The summed E-state index contributed by atoms with van der Waals surface area (Å²) in [6.07, 6.45) is 5.20. The fourth-order valence-corrected chi connectivity index (χ4v) is 2.04. The SMILES string of the molecule is COC(=O)CC=Cc1ccc(C2(C(=O)O)CC2)cc1. The molecule has 1 aromatic rings. The minimum absolute atomic E-state index is 0.233. The zero-order chi connectivity index (χ0) is 13.9. The Morgan fingerprint density at radius 1 is 1.32 bits per heavy atom. The van der Waals surface area contributed by atoms with Crippen LogP contribution in [0.3, 0.4) is 0 Å². The molecule has 0 amide bonds. The van der Waals surface area contributed by atoms with E-state index in [0.29, 0.717) is 12.8 Å². The molecule has 1 saturated carbocycles. The molecule has 0 radical (unpaired) electrons. The van der Waals surface area contributed by atoms with E-state index in [9.17, 15) is 14.7 Å². The number of hydrogen-bond acceptors (Lipinski definition) is 3. The molecule has 0 saturated heterocycles. The smallest absolute Gasteiger partial charge is 0.314 e. The van der Waals surface area contributed by atoms with Gasteiger partial charge in [0.15, 0.2) is 0 Å². The van der Waals surface area contributed by atoms with E-state index in [0.717, 1.165) is 11.1 Å². The number of rotatable bonds is 5. The first kappa shape index (κ1) is 13.3. The van der Waals surface area contributed by atoms with Crippen molar-refractivity contribution in [1.29, 1.82) is 0 Å². The summed E-state index contributed by atoms with van der Waals surface area (Å²) < 4.78 is 4.53. The molecule has 1 aliphatic rings. The van der Waals surface area contributed by atoms with Crippen LogP contribution < -0.4 is 0 Å². The second kappa shape index (κ2) is 5.26. The molecule has 1 N–H and O–H groups in total. The van der Waals surface area contributed by atoms with Gasteiger partial charge in [-0.3, -0.25) is 9.59 Å². The van der Waals surface area contributed by atoms with Gasteiger partial charge in [-0.1, -0.05) is 36.4 Å². The van der Waals surface area contributed by atoms with Crippen molar-refractivity contribution in [3.05, 3.63) is 41.5 Å². The third kappa shape index (κ3) is 2.84. The Bertz CT molecular complexity index is 509. The molecule has 0 heterocycles. The van der Waals surface area contributed by atoms with Crippen molar-refractivity contribution in [3.8, 4) is 0 Å². The molecule has 0 atom stereocenters. The number of carboxylic acids is 1. The predicted octanol–water partition coefficient (Wildman–Crippen LogP) is 2.38. The Morgan fingerprint density at radius 3 is 2.42 bits per heavy atom. The number of esters is 1. The van der Waals surface area contributed by atoms with Gasteiger partial charge in [0.1, 0.15) is 0 Å². The zero-order valence-corrected chi connectivity index (χ0v) is 10.8. The molecular weight excluding hydrogens is 244 g/mol. The minimum Gasteiger partial charge on any atom is -0.481 e. The standard InChI is InChI=1S/C15H16O4/c1-19-13(16)4-2-3-11-5-7-12(8-6-11)15(9-10-15)14(17)18/h2-3,5-8H,4,9-10H2,1H3,(H,17,18). The van der Waals surface area contributed by atoms with Crippen molar-refractivity contribution in [2.75, 3.05) is 7.11 Å². The minimum atomic E-state index is -0.749. The lowest BCUT2D eigenvalue weighted by atomic mass is 9.95. The number of benzene rings is 1. The number of aliphatic carboxylic acids is 1. The lowest BCUT2D eigenvalue weighted by Gasteiger charge is -2.09. The Hall–Kier alpha value is -2.10. The lowest BCUT2D eigenvalue weighted by molar-refractivity contribution is -0.140. The van der Waals surface area contributed by atoms with Crippen molar-refractivity contribution >= 4 is 18.0 Å². The van der Waals surface area contributed by atoms with E-state index < -0.39 is 11.4 Å². The number of methoxy groups -OCH3 is 1. The van der Waals surface area contributed by atoms with Gasteiger partial charge in [-0.05, 0) is 24.0 Å². The van der Waals surface area contributed by atoms with E-state index in [2.05, 4.69) is 4.74 Å². The lowest BCUT2D eigenvalue weighted by Crippen LogP contribution is -2.19. The highest BCUT2D eigenvalue weighted by Crippen LogP contribution is 2.48. The molecule has 0 spiro atoms. The van der Waals surface area contributed by atoms with Crippen LogP contribution >= 0.6 is 0 Å². The van der Waals surface area contributed by atoms with E-state index in [-0.39, 0.29) is 12.4 Å². The summed E-state index contributed by atoms with van der Waals surface area (Å²) in [7, 11) is 1.35. The zero-order valence-electron chi connectivity index (χ0n) is 10.8. The number of ether oxygens (including phenoxy) is 1. The van der Waals surface area contributed by atoms with E-state index in [1.54, 1.807) is 6.08 Å². The van der Waals surface area contributed by atoms with Gasteiger partial charge >= 0.3 is 11.9 Å². The summed E-state index contributed by atoms with van der Waals surface area (Å²) in [5, 5.41) is 9.19. The van der Waals surface area contributed by atoms with Gasteiger partial charge in [0, 0.05) is 0 Å². The average Bonchev–Trinajstić information content (AvgIpc) is 3.21. The van der Waals surface area contributed by atoms with Crippen LogP contribution in [0.2, 0.25) is 0 Å². The molecule has 100 valence electrons. The van der Waals surface area contributed by atoms with E-state index in [1.807, 2.05) is 30.3 Å². The van der Waals surface area contributed by atoms with Gasteiger partial charge in [0.2, 0.25) is 0 Å². The van der Waals surface area contributed by atoms with Crippen LogP contribution in [-0.4, -0.2) is 24.2 Å². The largest absolute Gasteiger partial charge is 0.481 e. The van der Waals surface area contributed by atoms with Crippen molar-refractivity contribution in [2.45, 2.75) is 24.7 Å². The molecule has 0 aromatic heterocycles. The van der Waals surface area contributed by atoms with Crippen LogP contribution in [0.15, 0.2) is 30.3 Å². The first-order chi connectivity index (χ1) is 9.08. The van der Waals surface area contributed by atoms with E-state index >= 15 is 0 Å². The van der Waals surface area contributed by atoms with Gasteiger partial charge < -0.3 is 9.84 Å². The first-order valence-corrected chi connectivity index (χ1v) is 6.16. The highest BCUT2D eigenvalue weighted by molar-refractivity contribution is 5.85. The number of carboxylic acid groups (broad SMARTS) is 1. The van der Waals surface area contributed by atoms with Crippen LogP contribution in [0.4, 0.5) is 0 Å². The molecular formula is C15H16O4. The summed E-state index contributed by atoms with van der Waals surface area (Å²) >= 11 is 0. The molecule has 1 fully saturated rings. The third-order valence-corrected chi connectivity index (χ3v) is 3.45. The number of hydrogen-bond donors (Lipinski definition) is 1. The van der Waals surface area contributed by atoms with Crippen molar-refractivity contribution in [2.24, 2.45) is 0 Å². The fraction of sp³-hybridized carbons (Fsp3) is 0.333.